The molecule has 0 aliphatic rings. The zero-order valence-electron chi connectivity index (χ0n) is 9.43. The Labute approximate surface area is 99.1 Å². The van der Waals surface area contributed by atoms with E-state index in [1.807, 2.05) is 0 Å². The number of nitrogens with zero attached hydrogens (tertiary/aromatic N) is 1. The van der Waals surface area contributed by atoms with Crippen molar-refractivity contribution in [3.05, 3.63) is 59.7 Å². The lowest BCUT2D eigenvalue weighted by molar-refractivity contribution is 0.412. The van der Waals surface area contributed by atoms with Crippen LogP contribution in [-0.4, -0.2) is 12.1 Å². The van der Waals surface area contributed by atoms with Gasteiger partial charge in [0.15, 0.2) is 0 Å². The normalized spacial score (nSPS) is 12.2. The molecule has 1 aromatic carbocycles. The highest BCUT2D eigenvalue weighted by Crippen LogP contribution is 2.22. The van der Waals surface area contributed by atoms with Gasteiger partial charge in [0, 0.05) is 6.20 Å². The van der Waals surface area contributed by atoms with Crippen molar-refractivity contribution in [3.63, 3.8) is 0 Å². The lowest BCUT2D eigenvalue weighted by atomic mass is 10.0. The Morgan fingerprint density at radius 3 is 2.76 bits per heavy atom. The second kappa shape index (κ2) is 4.93. The van der Waals surface area contributed by atoms with E-state index in [9.17, 15) is 4.39 Å². The number of pyridine rings is 1. The highest BCUT2D eigenvalue weighted by atomic mass is 19.1. The van der Waals surface area contributed by atoms with E-state index in [4.69, 9.17) is 10.5 Å². The van der Waals surface area contributed by atoms with Crippen molar-refractivity contribution in [2.24, 2.45) is 5.73 Å². The van der Waals surface area contributed by atoms with Crippen molar-refractivity contribution in [2.45, 2.75) is 6.04 Å². The summed E-state index contributed by atoms with van der Waals surface area (Å²) >= 11 is 0. The van der Waals surface area contributed by atoms with E-state index in [0.717, 1.165) is 5.56 Å². The number of ether oxygens (including phenoxy) is 1. The van der Waals surface area contributed by atoms with E-state index < -0.39 is 6.04 Å². The van der Waals surface area contributed by atoms with Gasteiger partial charge in [-0.1, -0.05) is 12.1 Å². The maximum atomic E-state index is 13.1. The minimum atomic E-state index is -0.409. The fraction of sp³-hybridized carbons (Fsp3) is 0.154. The van der Waals surface area contributed by atoms with Gasteiger partial charge in [-0.2, -0.15) is 0 Å². The first-order valence-corrected chi connectivity index (χ1v) is 5.20. The minimum absolute atomic E-state index is 0.297. The largest absolute Gasteiger partial charge is 0.495 e. The first-order chi connectivity index (χ1) is 8.20. The molecule has 0 spiro atoms. The van der Waals surface area contributed by atoms with E-state index >= 15 is 0 Å². The Kier molecular flexibility index (Phi) is 3.35. The van der Waals surface area contributed by atoms with E-state index in [0.29, 0.717) is 11.3 Å². The molecule has 0 aliphatic carbocycles. The third-order valence-corrected chi connectivity index (χ3v) is 2.54. The summed E-state index contributed by atoms with van der Waals surface area (Å²) in [5.74, 6) is 0.336. The Morgan fingerprint density at radius 2 is 2.06 bits per heavy atom. The van der Waals surface area contributed by atoms with Crippen molar-refractivity contribution in [2.75, 3.05) is 7.11 Å². The van der Waals surface area contributed by atoms with Crippen LogP contribution in [0.3, 0.4) is 0 Å². The number of hydrogen-bond donors (Lipinski definition) is 1. The summed E-state index contributed by atoms with van der Waals surface area (Å²) in [5.41, 5.74) is 7.54. The van der Waals surface area contributed by atoms with Crippen LogP contribution in [0.4, 0.5) is 4.39 Å². The summed E-state index contributed by atoms with van der Waals surface area (Å²) in [5, 5.41) is 0. The van der Waals surface area contributed by atoms with Crippen LogP contribution in [0, 0.1) is 5.82 Å². The molecule has 0 saturated carbocycles. The predicted molar refractivity (Wildman–Crippen MR) is 63.2 cm³/mol. The second-order valence-electron chi connectivity index (χ2n) is 3.69. The van der Waals surface area contributed by atoms with Crippen LogP contribution in [0.2, 0.25) is 0 Å². The maximum Gasteiger partial charge on any atom is 0.137 e. The lowest BCUT2D eigenvalue weighted by Gasteiger charge is -2.13. The van der Waals surface area contributed by atoms with Gasteiger partial charge >= 0.3 is 0 Å². The molecule has 0 bridgehead atoms. The van der Waals surface area contributed by atoms with Gasteiger partial charge in [0.2, 0.25) is 0 Å². The SMILES string of the molecule is COc1cncc(C(N)c2cccc(F)c2)c1. The molecule has 2 N–H and O–H groups in total. The van der Waals surface area contributed by atoms with Crippen molar-refractivity contribution in [3.8, 4) is 5.75 Å². The third kappa shape index (κ3) is 2.60. The zero-order chi connectivity index (χ0) is 12.3. The quantitative estimate of drug-likeness (QED) is 0.883. The van der Waals surface area contributed by atoms with Gasteiger partial charge in [-0.3, -0.25) is 4.98 Å². The molecule has 88 valence electrons. The first-order valence-electron chi connectivity index (χ1n) is 5.20. The van der Waals surface area contributed by atoms with Crippen LogP contribution in [0.25, 0.3) is 0 Å². The van der Waals surface area contributed by atoms with Gasteiger partial charge in [-0.15, -0.1) is 0 Å². The number of rotatable bonds is 3. The highest BCUT2D eigenvalue weighted by Gasteiger charge is 2.10. The summed E-state index contributed by atoms with van der Waals surface area (Å²) in [4.78, 5) is 4.03. The molecule has 2 rings (SSSR count). The number of methoxy groups -OCH3 is 1. The highest BCUT2D eigenvalue weighted by molar-refractivity contribution is 5.33. The summed E-state index contributed by atoms with van der Waals surface area (Å²) in [6.45, 7) is 0. The number of aromatic nitrogens is 1. The van der Waals surface area contributed by atoms with Gasteiger partial charge < -0.3 is 10.5 Å². The molecule has 0 amide bonds. The molecule has 3 nitrogen and oxygen atoms in total. The molecule has 1 aromatic heterocycles. The Hall–Kier alpha value is -1.94. The smallest absolute Gasteiger partial charge is 0.137 e. The molecule has 4 heteroatoms. The molecule has 17 heavy (non-hydrogen) atoms. The van der Waals surface area contributed by atoms with Gasteiger partial charge in [0.25, 0.3) is 0 Å². The van der Waals surface area contributed by atoms with Crippen molar-refractivity contribution in [1.29, 1.82) is 0 Å². The minimum Gasteiger partial charge on any atom is -0.495 e. The number of benzene rings is 1. The fourth-order valence-electron chi connectivity index (χ4n) is 1.61. The van der Waals surface area contributed by atoms with Crippen LogP contribution in [0.5, 0.6) is 5.75 Å². The van der Waals surface area contributed by atoms with Crippen molar-refractivity contribution >= 4 is 0 Å². The van der Waals surface area contributed by atoms with Crippen LogP contribution >= 0.6 is 0 Å². The number of halogens is 1. The molecule has 2 aromatic rings. The summed E-state index contributed by atoms with van der Waals surface area (Å²) in [7, 11) is 1.56. The van der Waals surface area contributed by atoms with Gasteiger partial charge in [-0.05, 0) is 29.3 Å². The number of nitrogens with two attached hydrogens (primary N) is 1. The molecule has 0 saturated heterocycles. The van der Waals surface area contributed by atoms with E-state index in [2.05, 4.69) is 4.98 Å². The Balaban J connectivity index is 2.33. The molecule has 1 unspecified atom stereocenters. The van der Waals surface area contributed by atoms with Crippen LogP contribution in [0.15, 0.2) is 42.7 Å². The van der Waals surface area contributed by atoms with Crippen LogP contribution in [-0.2, 0) is 0 Å². The number of hydrogen-bond acceptors (Lipinski definition) is 3. The lowest BCUT2D eigenvalue weighted by Crippen LogP contribution is -2.12. The van der Waals surface area contributed by atoms with Crippen molar-refractivity contribution < 1.29 is 9.13 Å². The molecule has 0 fully saturated rings. The van der Waals surface area contributed by atoms with Crippen LogP contribution in [0.1, 0.15) is 17.2 Å². The van der Waals surface area contributed by atoms with E-state index in [1.165, 1.54) is 12.1 Å². The predicted octanol–water partition coefficient (Wildman–Crippen LogP) is 2.28. The molecule has 1 heterocycles. The summed E-state index contributed by atoms with van der Waals surface area (Å²) < 4.78 is 18.2. The maximum absolute atomic E-state index is 13.1. The molecule has 1 atom stereocenters. The standard InChI is InChI=1S/C13H13FN2O/c1-17-12-6-10(7-16-8-12)13(15)9-3-2-4-11(14)5-9/h2-8,13H,15H2,1H3. The molecule has 0 radical (unpaired) electrons. The molecule has 0 aliphatic heterocycles. The fourth-order valence-corrected chi connectivity index (χ4v) is 1.61. The third-order valence-electron chi connectivity index (χ3n) is 2.54. The van der Waals surface area contributed by atoms with Gasteiger partial charge in [-0.25, -0.2) is 4.39 Å². The monoisotopic (exact) mass is 232 g/mol. The zero-order valence-corrected chi connectivity index (χ0v) is 9.43. The Morgan fingerprint density at radius 1 is 1.24 bits per heavy atom. The van der Waals surface area contributed by atoms with E-state index in [-0.39, 0.29) is 5.82 Å². The van der Waals surface area contributed by atoms with Crippen LogP contribution < -0.4 is 10.5 Å². The topological polar surface area (TPSA) is 48.1 Å². The summed E-state index contributed by atoms with van der Waals surface area (Å²) in [6, 6.07) is 7.62. The average Bonchev–Trinajstić information content (AvgIpc) is 2.38. The summed E-state index contributed by atoms with van der Waals surface area (Å²) in [6.07, 6.45) is 3.25. The average molecular weight is 232 g/mol. The first kappa shape index (κ1) is 11.5. The molecular formula is C13H13FN2O. The van der Waals surface area contributed by atoms with Gasteiger partial charge in [0.1, 0.15) is 11.6 Å². The van der Waals surface area contributed by atoms with Crippen molar-refractivity contribution in [1.82, 2.24) is 4.98 Å². The second-order valence-corrected chi connectivity index (χ2v) is 3.69. The molecular weight excluding hydrogens is 219 g/mol. The van der Waals surface area contributed by atoms with Gasteiger partial charge in [0.05, 0.1) is 19.3 Å². The Bertz CT molecular complexity index is 516. The van der Waals surface area contributed by atoms with E-state index in [1.54, 1.807) is 37.7 Å².